The number of pyridine rings is 2. The van der Waals surface area contributed by atoms with Crippen molar-refractivity contribution in [3.05, 3.63) is 59.2 Å². The van der Waals surface area contributed by atoms with Crippen molar-refractivity contribution in [1.29, 1.82) is 0 Å². The van der Waals surface area contributed by atoms with Crippen molar-refractivity contribution in [2.75, 3.05) is 66.5 Å². The molecule has 0 bridgehead atoms. The number of hydrogen-bond donors (Lipinski definition) is 2. The van der Waals surface area contributed by atoms with E-state index in [1.165, 1.54) is 12.1 Å². The second kappa shape index (κ2) is 15.0. The third-order valence-electron chi connectivity index (χ3n) is 6.01. The zero-order chi connectivity index (χ0) is 24.5. The first-order valence-corrected chi connectivity index (χ1v) is 11.5. The van der Waals surface area contributed by atoms with Gasteiger partial charge in [0.25, 0.3) is 0 Å². The minimum absolute atomic E-state index is 0. The minimum atomic E-state index is -1.01. The molecule has 1 fully saturated rings. The monoisotopic (exact) mass is 623 g/mol. The molecule has 0 aliphatic carbocycles. The minimum Gasteiger partial charge on any atom is -0.477 e. The Labute approximate surface area is 247 Å². The summed E-state index contributed by atoms with van der Waals surface area (Å²) in [5, 5.41) is 18.4. The van der Waals surface area contributed by atoms with E-state index in [0.717, 1.165) is 63.7 Å². The van der Waals surface area contributed by atoms with E-state index in [1.807, 2.05) is 12.1 Å². The van der Waals surface area contributed by atoms with E-state index in [2.05, 4.69) is 43.7 Å². The van der Waals surface area contributed by atoms with Crippen LogP contribution in [0.4, 0.5) is 0 Å². The fraction of sp³-hybridized carbons (Fsp3) is 0.500. The summed E-state index contributed by atoms with van der Waals surface area (Å²) in [6.45, 7) is 8.15. The van der Waals surface area contributed by atoms with Gasteiger partial charge in [0, 0.05) is 115 Å². The van der Waals surface area contributed by atoms with Gasteiger partial charge in [0.1, 0.15) is 11.4 Å². The predicted octanol–water partition coefficient (Wildman–Crippen LogP) is 1.05. The van der Waals surface area contributed by atoms with Crippen LogP contribution in [0.2, 0.25) is 0 Å². The molecular formula is C24H34EuN6O4. The molecule has 1 aliphatic heterocycles. The molecule has 0 unspecified atom stereocenters. The fourth-order valence-corrected chi connectivity index (χ4v) is 3.84. The number of aromatic nitrogens is 2. The van der Waals surface area contributed by atoms with Gasteiger partial charge in [-0.3, -0.25) is 9.80 Å². The molecule has 1 radical (unpaired) electrons. The van der Waals surface area contributed by atoms with E-state index in [9.17, 15) is 19.8 Å². The van der Waals surface area contributed by atoms with Crippen molar-refractivity contribution >= 4 is 11.9 Å². The van der Waals surface area contributed by atoms with Gasteiger partial charge in [-0.15, -0.1) is 0 Å². The van der Waals surface area contributed by atoms with E-state index in [0.29, 0.717) is 13.1 Å². The molecule has 0 amide bonds. The quantitative estimate of drug-likeness (QED) is 0.485. The molecule has 11 heteroatoms. The molecule has 0 aromatic carbocycles. The molecule has 191 valence electrons. The van der Waals surface area contributed by atoms with Crippen molar-refractivity contribution < 1.29 is 69.2 Å². The summed E-state index contributed by atoms with van der Waals surface area (Å²) in [4.78, 5) is 40.3. The Hall–Kier alpha value is -1.34. The van der Waals surface area contributed by atoms with Crippen LogP contribution < -0.4 is 0 Å². The average molecular weight is 623 g/mol. The van der Waals surface area contributed by atoms with Gasteiger partial charge in [-0.05, 0) is 38.4 Å². The van der Waals surface area contributed by atoms with Gasteiger partial charge in [0.05, 0.1) is 11.4 Å². The van der Waals surface area contributed by atoms with Crippen LogP contribution in [0.5, 0.6) is 0 Å². The van der Waals surface area contributed by atoms with Gasteiger partial charge in [0.15, 0.2) is 0 Å². The molecule has 0 atom stereocenters. The van der Waals surface area contributed by atoms with E-state index >= 15 is 0 Å². The van der Waals surface area contributed by atoms with Gasteiger partial charge < -0.3 is 20.0 Å². The maximum Gasteiger partial charge on any atom is 0.354 e. The van der Waals surface area contributed by atoms with Gasteiger partial charge in [-0.25, -0.2) is 19.6 Å². The van der Waals surface area contributed by atoms with Crippen LogP contribution >= 0.6 is 0 Å². The van der Waals surface area contributed by atoms with Gasteiger partial charge in [0.2, 0.25) is 0 Å². The number of likely N-dealkylation sites (N-methyl/N-ethyl adjacent to an activating group) is 2. The number of rotatable bonds is 6. The summed E-state index contributed by atoms with van der Waals surface area (Å²) in [6.07, 6.45) is 0. The summed E-state index contributed by atoms with van der Waals surface area (Å²) in [5.74, 6) is -2.02. The summed E-state index contributed by atoms with van der Waals surface area (Å²) in [5.41, 5.74) is 1.67. The van der Waals surface area contributed by atoms with E-state index in [4.69, 9.17) is 0 Å². The number of carboxylic acid groups (broad SMARTS) is 2. The molecular weight excluding hydrogens is 588 g/mol. The van der Waals surface area contributed by atoms with Crippen molar-refractivity contribution in [3.63, 3.8) is 0 Å². The maximum absolute atomic E-state index is 11.3. The van der Waals surface area contributed by atoms with Crippen LogP contribution in [0.15, 0.2) is 36.4 Å². The number of carboxylic acids is 2. The summed E-state index contributed by atoms with van der Waals surface area (Å²) in [6, 6.07) is 10.3. The smallest absolute Gasteiger partial charge is 0.354 e. The molecule has 2 aromatic rings. The summed E-state index contributed by atoms with van der Waals surface area (Å²) >= 11 is 0. The second-order valence-electron chi connectivity index (χ2n) is 8.80. The zero-order valence-electron chi connectivity index (χ0n) is 20.3. The van der Waals surface area contributed by atoms with E-state index < -0.39 is 11.9 Å². The van der Waals surface area contributed by atoms with Gasteiger partial charge >= 0.3 is 11.9 Å². The third kappa shape index (κ3) is 10.3. The van der Waals surface area contributed by atoms with Crippen molar-refractivity contribution in [2.45, 2.75) is 13.1 Å². The molecule has 35 heavy (non-hydrogen) atoms. The van der Waals surface area contributed by atoms with Crippen molar-refractivity contribution in [1.82, 2.24) is 29.6 Å². The van der Waals surface area contributed by atoms with E-state index in [1.54, 1.807) is 12.1 Å². The van der Waals surface area contributed by atoms with Crippen LogP contribution in [0.3, 0.4) is 0 Å². The van der Waals surface area contributed by atoms with E-state index in [-0.39, 0.29) is 60.8 Å². The Morgan fingerprint density at radius 1 is 0.686 bits per heavy atom. The normalized spacial score (nSPS) is 17.7. The second-order valence-corrected chi connectivity index (χ2v) is 8.80. The standard InChI is InChI=1S/C24H34N6O4.Eu/c1-27-9-13-29(17-19-5-3-7-21(25-19)23(31)32)15-11-28(2)12-16-30(14-10-27)18-20-6-4-8-22(26-20)24(33)34;/h3-8H,9-18H2,1-2H3,(H,31,32)(H,33,34);. The number of aromatic carboxylic acids is 2. The Kier molecular flexibility index (Phi) is 12.8. The first-order valence-electron chi connectivity index (χ1n) is 11.5. The third-order valence-corrected chi connectivity index (χ3v) is 6.01. The molecule has 3 rings (SSSR count). The molecule has 1 saturated heterocycles. The Balaban J connectivity index is 0.00000432. The van der Waals surface area contributed by atoms with Crippen LogP contribution in [0, 0.1) is 49.4 Å². The maximum atomic E-state index is 11.3. The molecule has 10 nitrogen and oxygen atoms in total. The first-order chi connectivity index (χ1) is 16.3. The number of nitrogens with zero attached hydrogens (tertiary/aromatic N) is 6. The summed E-state index contributed by atoms with van der Waals surface area (Å²) in [7, 11) is 4.20. The molecule has 2 N–H and O–H groups in total. The van der Waals surface area contributed by atoms with Crippen LogP contribution in [-0.4, -0.2) is 118 Å². The van der Waals surface area contributed by atoms with Crippen LogP contribution in [-0.2, 0) is 13.1 Å². The van der Waals surface area contributed by atoms with Crippen molar-refractivity contribution in [2.24, 2.45) is 0 Å². The number of hydrogen-bond acceptors (Lipinski definition) is 8. The molecule has 2 aromatic heterocycles. The van der Waals surface area contributed by atoms with Gasteiger partial charge in [-0.2, -0.15) is 0 Å². The zero-order valence-corrected chi connectivity index (χ0v) is 22.7. The fourth-order valence-electron chi connectivity index (χ4n) is 3.84. The largest absolute Gasteiger partial charge is 0.477 e. The Bertz CT molecular complexity index is 885. The first kappa shape index (κ1) is 29.9. The molecule has 3 heterocycles. The van der Waals surface area contributed by atoms with Gasteiger partial charge in [-0.1, -0.05) is 12.1 Å². The number of carbonyl (C=O) groups is 2. The average Bonchev–Trinajstić information content (AvgIpc) is 2.82. The Morgan fingerprint density at radius 2 is 1.03 bits per heavy atom. The molecule has 0 spiro atoms. The van der Waals surface area contributed by atoms with Crippen LogP contribution in [0.25, 0.3) is 0 Å². The summed E-state index contributed by atoms with van der Waals surface area (Å²) < 4.78 is 0. The predicted molar refractivity (Wildman–Crippen MR) is 128 cm³/mol. The topological polar surface area (TPSA) is 113 Å². The SMILES string of the molecule is CN1CCN(Cc2cccc(C(=O)O)n2)CCN(C)CCN(Cc2cccc(C(=O)O)n2)CC1.[Eu]. The van der Waals surface area contributed by atoms with Crippen molar-refractivity contribution in [3.8, 4) is 0 Å². The molecule has 1 aliphatic rings. The molecule has 0 saturated carbocycles. The Morgan fingerprint density at radius 3 is 1.34 bits per heavy atom. The van der Waals surface area contributed by atoms with Crippen LogP contribution in [0.1, 0.15) is 32.4 Å².